The SMILES string of the molecule is Cc1ccc2nc(-c3ccc(C(=O)Nc4ccccc4Cl)cc3)[nH]c2c1. The average Bonchev–Trinajstić information content (AvgIpc) is 3.07. The predicted octanol–water partition coefficient (Wildman–Crippen LogP) is 5.44. The normalized spacial score (nSPS) is 10.8. The average molecular weight is 362 g/mol. The fraction of sp³-hybridized carbons (Fsp3) is 0.0476. The maximum atomic E-state index is 12.4. The van der Waals surface area contributed by atoms with Gasteiger partial charge in [-0.1, -0.05) is 41.9 Å². The summed E-state index contributed by atoms with van der Waals surface area (Å²) in [6.07, 6.45) is 0. The van der Waals surface area contributed by atoms with Crippen molar-refractivity contribution < 1.29 is 4.79 Å². The molecule has 0 fully saturated rings. The van der Waals surface area contributed by atoms with Crippen LogP contribution < -0.4 is 5.32 Å². The number of benzene rings is 3. The molecule has 0 atom stereocenters. The van der Waals surface area contributed by atoms with Crippen LogP contribution in [0.3, 0.4) is 0 Å². The second-order valence-electron chi connectivity index (χ2n) is 6.12. The lowest BCUT2D eigenvalue weighted by Gasteiger charge is -2.07. The topological polar surface area (TPSA) is 57.8 Å². The number of rotatable bonds is 3. The van der Waals surface area contributed by atoms with E-state index in [-0.39, 0.29) is 5.91 Å². The number of carbonyl (C=O) groups excluding carboxylic acids is 1. The van der Waals surface area contributed by atoms with Crippen LogP contribution >= 0.6 is 11.6 Å². The number of carbonyl (C=O) groups is 1. The molecule has 4 aromatic rings. The molecule has 0 aliphatic heterocycles. The lowest BCUT2D eigenvalue weighted by molar-refractivity contribution is 0.102. The number of amides is 1. The molecule has 26 heavy (non-hydrogen) atoms. The van der Waals surface area contributed by atoms with Crippen LogP contribution in [0.5, 0.6) is 0 Å². The summed E-state index contributed by atoms with van der Waals surface area (Å²) < 4.78 is 0. The second kappa shape index (κ2) is 6.65. The highest BCUT2D eigenvalue weighted by molar-refractivity contribution is 6.33. The van der Waals surface area contributed by atoms with E-state index in [1.807, 2.05) is 43.3 Å². The Bertz CT molecular complexity index is 1100. The van der Waals surface area contributed by atoms with Gasteiger partial charge in [-0.25, -0.2) is 4.98 Å². The quantitative estimate of drug-likeness (QED) is 0.510. The van der Waals surface area contributed by atoms with Gasteiger partial charge in [0.05, 0.1) is 21.7 Å². The summed E-state index contributed by atoms with van der Waals surface area (Å²) in [5.41, 5.74) is 5.18. The van der Waals surface area contributed by atoms with Gasteiger partial charge in [0, 0.05) is 11.1 Å². The fourth-order valence-corrected chi connectivity index (χ4v) is 2.98. The maximum absolute atomic E-state index is 12.4. The first-order valence-corrected chi connectivity index (χ1v) is 8.61. The van der Waals surface area contributed by atoms with Crippen molar-refractivity contribution in [1.82, 2.24) is 9.97 Å². The summed E-state index contributed by atoms with van der Waals surface area (Å²) in [6, 6.07) is 20.6. The van der Waals surface area contributed by atoms with Crippen LogP contribution in [-0.2, 0) is 0 Å². The Hall–Kier alpha value is -3.11. The number of nitrogens with zero attached hydrogens (tertiary/aromatic N) is 1. The van der Waals surface area contributed by atoms with Gasteiger partial charge in [0.25, 0.3) is 5.91 Å². The Labute approximate surface area is 155 Å². The Morgan fingerprint density at radius 1 is 1.04 bits per heavy atom. The molecule has 0 aliphatic rings. The number of para-hydroxylation sites is 1. The number of halogens is 1. The van der Waals surface area contributed by atoms with Gasteiger partial charge in [-0.15, -0.1) is 0 Å². The Morgan fingerprint density at radius 3 is 2.58 bits per heavy atom. The number of hydrogen-bond donors (Lipinski definition) is 2. The van der Waals surface area contributed by atoms with Gasteiger partial charge < -0.3 is 10.3 Å². The highest BCUT2D eigenvalue weighted by atomic mass is 35.5. The highest BCUT2D eigenvalue weighted by Gasteiger charge is 2.10. The number of aryl methyl sites for hydroxylation is 1. The molecule has 0 bridgehead atoms. The molecule has 2 N–H and O–H groups in total. The van der Waals surface area contributed by atoms with Gasteiger partial charge in [0.15, 0.2) is 0 Å². The number of imidazole rings is 1. The molecule has 1 aromatic heterocycles. The molecule has 4 nitrogen and oxygen atoms in total. The molecule has 3 aromatic carbocycles. The smallest absolute Gasteiger partial charge is 0.255 e. The molecule has 0 spiro atoms. The van der Waals surface area contributed by atoms with Crippen molar-refractivity contribution in [1.29, 1.82) is 0 Å². The van der Waals surface area contributed by atoms with Crippen molar-refractivity contribution in [2.45, 2.75) is 6.92 Å². The van der Waals surface area contributed by atoms with Crippen molar-refractivity contribution in [2.75, 3.05) is 5.32 Å². The molecular formula is C21H16ClN3O. The lowest BCUT2D eigenvalue weighted by atomic mass is 10.1. The first-order valence-electron chi connectivity index (χ1n) is 8.23. The van der Waals surface area contributed by atoms with E-state index in [0.29, 0.717) is 16.3 Å². The third-order valence-corrected chi connectivity index (χ3v) is 4.51. The van der Waals surface area contributed by atoms with Crippen LogP contribution in [0.25, 0.3) is 22.4 Å². The number of aromatic amines is 1. The number of hydrogen-bond acceptors (Lipinski definition) is 2. The first kappa shape index (κ1) is 16.4. The molecule has 1 heterocycles. The Kier molecular flexibility index (Phi) is 4.19. The molecule has 128 valence electrons. The van der Waals surface area contributed by atoms with Crippen molar-refractivity contribution in [3.05, 3.63) is 82.9 Å². The molecule has 0 aliphatic carbocycles. The van der Waals surface area contributed by atoms with E-state index in [1.165, 1.54) is 5.56 Å². The lowest BCUT2D eigenvalue weighted by Crippen LogP contribution is -2.11. The molecule has 0 radical (unpaired) electrons. The van der Waals surface area contributed by atoms with Crippen LogP contribution in [0.2, 0.25) is 5.02 Å². The molecule has 0 saturated heterocycles. The monoisotopic (exact) mass is 361 g/mol. The van der Waals surface area contributed by atoms with E-state index in [4.69, 9.17) is 11.6 Å². The standard InChI is InChI=1S/C21H16ClN3O/c1-13-6-11-18-19(12-13)24-20(23-18)14-7-9-15(10-8-14)21(26)25-17-5-3-2-4-16(17)22/h2-12H,1H3,(H,23,24)(H,25,26). The van der Waals surface area contributed by atoms with E-state index in [1.54, 1.807) is 24.3 Å². The van der Waals surface area contributed by atoms with Crippen molar-refractivity contribution in [2.24, 2.45) is 0 Å². The zero-order valence-corrected chi connectivity index (χ0v) is 14.8. The summed E-state index contributed by atoms with van der Waals surface area (Å²) in [4.78, 5) is 20.3. The summed E-state index contributed by atoms with van der Waals surface area (Å²) in [5.74, 6) is 0.577. The van der Waals surface area contributed by atoms with Crippen molar-refractivity contribution in [3.8, 4) is 11.4 Å². The van der Waals surface area contributed by atoms with Gasteiger partial charge in [0.1, 0.15) is 5.82 Å². The minimum Gasteiger partial charge on any atom is -0.338 e. The van der Waals surface area contributed by atoms with Gasteiger partial charge in [-0.2, -0.15) is 0 Å². The van der Waals surface area contributed by atoms with Crippen molar-refractivity contribution in [3.63, 3.8) is 0 Å². The van der Waals surface area contributed by atoms with Crippen molar-refractivity contribution >= 4 is 34.2 Å². The molecule has 0 unspecified atom stereocenters. The van der Waals surface area contributed by atoms with Crippen LogP contribution in [0, 0.1) is 6.92 Å². The number of aromatic nitrogens is 2. The molecular weight excluding hydrogens is 346 g/mol. The van der Waals surface area contributed by atoms with E-state index in [9.17, 15) is 4.79 Å². The third kappa shape index (κ3) is 3.19. The predicted molar refractivity (Wildman–Crippen MR) is 106 cm³/mol. The number of anilines is 1. The zero-order valence-electron chi connectivity index (χ0n) is 14.1. The Morgan fingerprint density at radius 2 is 1.81 bits per heavy atom. The highest BCUT2D eigenvalue weighted by Crippen LogP contribution is 2.23. The summed E-state index contributed by atoms with van der Waals surface area (Å²) >= 11 is 6.08. The molecule has 0 saturated carbocycles. The van der Waals surface area contributed by atoms with Gasteiger partial charge in [-0.05, 0) is 48.9 Å². The largest absolute Gasteiger partial charge is 0.338 e. The number of H-pyrrole nitrogens is 1. The van der Waals surface area contributed by atoms with Gasteiger partial charge in [-0.3, -0.25) is 4.79 Å². The summed E-state index contributed by atoms with van der Waals surface area (Å²) in [7, 11) is 0. The van der Waals surface area contributed by atoms with Crippen LogP contribution in [0.4, 0.5) is 5.69 Å². The van der Waals surface area contributed by atoms with Crippen LogP contribution in [-0.4, -0.2) is 15.9 Å². The van der Waals surface area contributed by atoms with Gasteiger partial charge in [0.2, 0.25) is 0 Å². The molecule has 1 amide bonds. The zero-order chi connectivity index (χ0) is 18.1. The number of fused-ring (bicyclic) bond motifs is 1. The summed E-state index contributed by atoms with van der Waals surface area (Å²) in [6.45, 7) is 2.05. The fourth-order valence-electron chi connectivity index (χ4n) is 2.80. The van der Waals surface area contributed by atoms with E-state index in [0.717, 1.165) is 22.4 Å². The van der Waals surface area contributed by atoms with E-state index in [2.05, 4.69) is 21.4 Å². The summed E-state index contributed by atoms with van der Waals surface area (Å²) in [5, 5.41) is 3.33. The first-order chi connectivity index (χ1) is 12.6. The van der Waals surface area contributed by atoms with Crippen LogP contribution in [0.15, 0.2) is 66.7 Å². The maximum Gasteiger partial charge on any atom is 0.255 e. The third-order valence-electron chi connectivity index (χ3n) is 4.18. The number of nitrogens with one attached hydrogen (secondary N) is 2. The van der Waals surface area contributed by atoms with Crippen LogP contribution in [0.1, 0.15) is 15.9 Å². The van der Waals surface area contributed by atoms with E-state index < -0.39 is 0 Å². The van der Waals surface area contributed by atoms with E-state index >= 15 is 0 Å². The molecule has 4 rings (SSSR count). The minimum absolute atomic E-state index is 0.204. The minimum atomic E-state index is -0.204. The Balaban J connectivity index is 1.57. The van der Waals surface area contributed by atoms with Gasteiger partial charge >= 0.3 is 0 Å². The molecule has 5 heteroatoms. The second-order valence-corrected chi connectivity index (χ2v) is 6.52.